The number of halogens is 1. The van der Waals surface area contributed by atoms with Crippen LogP contribution >= 0.6 is 0 Å². The van der Waals surface area contributed by atoms with Gasteiger partial charge in [0.25, 0.3) is 0 Å². The number of carbonyl (C=O) groups excluding carboxylic acids is 2. The monoisotopic (exact) mass is 318 g/mol. The summed E-state index contributed by atoms with van der Waals surface area (Å²) in [6.45, 7) is 1.45. The first kappa shape index (κ1) is 14.5. The first-order valence-electron chi connectivity index (χ1n) is 7.94. The van der Waals surface area contributed by atoms with Gasteiger partial charge in [-0.15, -0.1) is 0 Å². The van der Waals surface area contributed by atoms with E-state index in [2.05, 4.69) is 0 Å². The summed E-state index contributed by atoms with van der Waals surface area (Å²) in [7, 11) is 1.70. The molecule has 3 aliphatic rings. The third kappa shape index (κ3) is 2.11. The number of nitrogens with zero attached hydrogens (tertiary/aromatic N) is 2. The SMILES string of the molecule is CN1C[C@@]2(CCN(C(=O)C3(c4ccccc4F)CC3)C2)OC1=O. The van der Waals surface area contributed by atoms with Crippen LogP contribution in [0.2, 0.25) is 0 Å². The molecular weight excluding hydrogens is 299 g/mol. The van der Waals surface area contributed by atoms with E-state index >= 15 is 0 Å². The Morgan fingerprint density at radius 1 is 1.22 bits per heavy atom. The van der Waals surface area contributed by atoms with Gasteiger partial charge in [0.2, 0.25) is 5.91 Å². The molecule has 2 aliphatic heterocycles. The Bertz CT molecular complexity index is 688. The van der Waals surface area contributed by atoms with Gasteiger partial charge in [0.15, 0.2) is 5.60 Å². The Morgan fingerprint density at radius 3 is 2.57 bits per heavy atom. The molecule has 2 amide bonds. The Balaban J connectivity index is 1.55. The Morgan fingerprint density at radius 2 is 1.96 bits per heavy atom. The molecule has 0 bridgehead atoms. The highest BCUT2D eigenvalue weighted by atomic mass is 19.1. The van der Waals surface area contributed by atoms with Crippen LogP contribution in [-0.4, -0.2) is 54.1 Å². The van der Waals surface area contributed by atoms with E-state index in [9.17, 15) is 14.0 Å². The minimum atomic E-state index is -0.717. The molecule has 4 rings (SSSR count). The van der Waals surface area contributed by atoms with Gasteiger partial charge in [-0.2, -0.15) is 0 Å². The summed E-state index contributed by atoms with van der Waals surface area (Å²) in [5.74, 6) is -0.357. The fourth-order valence-corrected chi connectivity index (χ4v) is 3.90. The standard InChI is InChI=1S/C17H19FN2O3/c1-19-10-16(23-15(19)22)8-9-20(11-16)14(21)17(6-7-17)12-4-2-3-5-13(12)18/h2-5H,6-11H2,1H3/t16-/m1/s1. The number of likely N-dealkylation sites (N-methyl/N-ethyl adjacent to an activating group) is 1. The second-order valence-corrected chi connectivity index (χ2v) is 6.95. The average molecular weight is 318 g/mol. The highest BCUT2D eigenvalue weighted by molar-refractivity contribution is 5.91. The van der Waals surface area contributed by atoms with Crippen molar-refractivity contribution in [2.45, 2.75) is 30.3 Å². The van der Waals surface area contributed by atoms with E-state index in [1.807, 2.05) is 0 Å². The molecular formula is C17H19FN2O3. The molecule has 0 aromatic heterocycles. The van der Waals surface area contributed by atoms with Gasteiger partial charge in [-0.05, 0) is 18.9 Å². The number of carbonyl (C=O) groups is 2. The highest BCUT2D eigenvalue weighted by Gasteiger charge is 2.58. The van der Waals surface area contributed by atoms with Gasteiger partial charge in [0.05, 0.1) is 18.5 Å². The molecule has 5 nitrogen and oxygen atoms in total. The predicted molar refractivity (Wildman–Crippen MR) is 80.4 cm³/mol. The topological polar surface area (TPSA) is 49.9 Å². The molecule has 1 aromatic carbocycles. The van der Waals surface area contributed by atoms with E-state index in [1.165, 1.54) is 11.0 Å². The second kappa shape index (κ2) is 4.69. The number of amides is 2. The average Bonchev–Trinajstić information content (AvgIpc) is 3.15. The lowest BCUT2D eigenvalue weighted by Crippen LogP contribution is -2.43. The summed E-state index contributed by atoms with van der Waals surface area (Å²) in [6.07, 6.45) is 1.66. The van der Waals surface area contributed by atoms with Crippen LogP contribution in [0.4, 0.5) is 9.18 Å². The van der Waals surface area contributed by atoms with Gasteiger partial charge >= 0.3 is 6.09 Å². The number of benzene rings is 1. The van der Waals surface area contributed by atoms with Crippen LogP contribution in [0.3, 0.4) is 0 Å². The summed E-state index contributed by atoms with van der Waals surface area (Å²) in [6, 6.07) is 6.51. The number of ether oxygens (including phenoxy) is 1. The number of hydrogen-bond donors (Lipinski definition) is 0. The highest BCUT2D eigenvalue weighted by Crippen LogP contribution is 2.51. The summed E-state index contributed by atoms with van der Waals surface area (Å²) >= 11 is 0. The van der Waals surface area contributed by atoms with Crippen molar-refractivity contribution in [3.8, 4) is 0 Å². The van der Waals surface area contributed by atoms with Crippen LogP contribution in [0.15, 0.2) is 24.3 Å². The van der Waals surface area contributed by atoms with E-state index in [1.54, 1.807) is 30.1 Å². The lowest BCUT2D eigenvalue weighted by Gasteiger charge is -2.25. The van der Waals surface area contributed by atoms with Crippen LogP contribution in [-0.2, 0) is 14.9 Å². The summed E-state index contributed by atoms with van der Waals surface area (Å²) in [4.78, 5) is 27.9. The van der Waals surface area contributed by atoms with Gasteiger partial charge in [-0.1, -0.05) is 18.2 Å². The van der Waals surface area contributed by atoms with Crippen molar-refractivity contribution in [2.24, 2.45) is 0 Å². The van der Waals surface area contributed by atoms with Gasteiger partial charge in [0, 0.05) is 25.6 Å². The van der Waals surface area contributed by atoms with E-state index < -0.39 is 11.0 Å². The summed E-state index contributed by atoms with van der Waals surface area (Å²) < 4.78 is 19.6. The van der Waals surface area contributed by atoms with E-state index in [-0.39, 0.29) is 17.8 Å². The lowest BCUT2D eigenvalue weighted by molar-refractivity contribution is -0.133. The molecule has 1 spiro atoms. The molecule has 2 heterocycles. The third-order valence-corrected chi connectivity index (χ3v) is 5.29. The predicted octanol–water partition coefficient (Wildman–Crippen LogP) is 1.91. The Labute approximate surface area is 134 Å². The molecule has 1 aliphatic carbocycles. The molecule has 1 saturated carbocycles. The van der Waals surface area contributed by atoms with E-state index in [0.717, 1.165) is 0 Å². The normalized spacial score (nSPS) is 28.3. The van der Waals surface area contributed by atoms with Crippen LogP contribution < -0.4 is 0 Å². The van der Waals surface area contributed by atoms with Crippen molar-refractivity contribution >= 4 is 12.0 Å². The minimum Gasteiger partial charge on any atom is -0.439 e. The zero-order chi connectivity index (χ0) is 16.2. The number of likely N-dealkylation sites (tertiary alicyclic amines) is 1. The quantitative estimate of drug-likeness (QED) is 0.837. The van der Waals surface area contributed by atoms with Gasteiger partial charge in [-0.3, -0.25) is 4.79 Å². The molecule has 0 unspecified atom stereocenters. The Hall–Kier alpha value is -2.11. The van der Waals surface area contributed by atoms with Crippen LogP contribution in [0.5, 0.6) is 0 Å². The van der Waals surface area contributed by atoms with Crippen LogP contribution in [0, 0.1) is 5.82 Å². The van der Waals surface area contributed by atoms with Crippen molar-refractivity contribution in [3.05, 3.63) is 35.6 Å². The van der Waals surface area contributed by atoms with Gasteiger partial charge in [-0.25, -0.2) is 9.18 Å². The minimum absolute atomic E-state index is 0.0370. The molecule has 122 valence electrons. The molecule has 0 N–H and O–H groups in total. The maximum atomic E-state index is 14.1. The maximum absolute atomic E-state index is 14.1. The van der Waals surface area contributed by atoms with Crippen molar-refractivity contribution in [2.75, 3.05) is 26.7 Å². The molecule has 0 radical (unpaired) electrons. The summed E-state index contributed by atoms with van der Waals surface area (Å²) in [5, 5.41) is 0. The lowest BCUT2D eigenvalue weighted by atomic mass is 9.93. The van der Waals surface area contributed by atoms with Crippen molar-refractivity contribution < 1.29 is 18.7 Å². The van der Waals surface area contributed by atoms with E-state index in [0.29, 0.717) is 44.5 Å². The number of rotatable bonds is 2. The second-order valence-electron chi connectivity index (χ2n) is 6.95. The third-order valence-electron chi connectivity index (χ3n) is 5.29. The zero-order valence-electron chi connectivity index (χ0n) is 13.0. The first-order chi connectivity index (χ1) is 11.0. The van der Waals surface area contributed by atoms with Gasteiger partial charge < -0.3 is 14.5 Å². The molecule has 3 fully saturated rings. The van der Waals surface area contributed by atoms with E-state index in [4.69, 9.17) is 4.74 Å². The van der Waals surface area contributed by atoms with Gasteiger partial charge in [0.1, 0.15) is 5.82 Å². The van der Waals surface area contributed by atoms with Crippen LogP contribution in [0.25, 0.3) is 0 Å². The zero-order valence-corrected chi connectivity index (χ0v) is 13.0. The van der Waals surface area contributed by atoms with Crippen LogP contribution in [0.1, 0.15) is 24.8 Å². The number of hydrogen-bond acceptors (Lipinski definition) is 3. The molecule has 6 heteroatoms. The summed E-state index contributed by atoms with van der Waals surface area (Å²) in [5.41, 5.74) is -0.815. The smallest absolute Gasteiger partial charge is 0.410 e. The Kier molecular flexibility index (Phi) is 2.95. The maximum Gasteiger partial charge on any atom is 0.410 e. The van der Waals surface area contributed by atoms with Crippen molar-refractivity contribution in [1.82, 2.24) is 9.80 Å². The van der Waals surface area contributed by atoms with Crippen molar-refractivity contribution in [1.29, 1.82) is 0 Å². The fraction of sp³-hybridized carbons (Fsp3) is 0.529. The molecule has 1 aromatic rings. The largest absolute Gasteiger partial charge is 0.439 e. The molecule has 1 atom stereocenters. The molecule has 23 heavy (non-hydrogen) atoms. The van der Waals surface area contributed by atoms with Crippen molar-refractivity contribution in [3.63, 3.8) is 0 Å². The molecule has 2 saturated heterocycles. The first-order valence-corrected chi connectivity index (χ1v) is 7.94. The fourth-order valence-electron chi connectivity index (χ4n) is 3.90.